The van der Waals surface area contributed by atoms with Gasteiger partial charge in [0.05, 0.1) is 0 Å². The largest absolute Gasteiger partial charge is 0.478 e. The highest BCUT2D eigenvalue weighted by Crippen LogP contribution is 2.18. The van der Waals surface area contributed by atoms with Gasteiger partial charge in [-0.1, -0.05) is 6.07 Å². The number of aliphatic carboxylic acids is 1. The van der Waals surface area contributed by atoms with Gasteiger partial charge in [-0.25, -0.2) is 4.79 Å². The molecule has 1 aliphatic rings. The van der Waals surface area contributed by atoms with Crippen molar-refractivity contribution in [3.05, 3.63) is 41.0 Å². The number of benzene rings is 1. The smallest absolute Gasteiger partial charge is 0.328 e. The summed E-state index contributed by atoms with van der Waals surface area (Å²) < 4.78 is 0. The highest BCUT2D eigenvalue weighted by Gasteiger charge is 2.18. The van der Waals surface area contributed by atoms with Gasteiger partial charge in [0, 0.05) is 23.4 Å². The Balaban J connectivity index is 2.13. The Morgan fingerprint density at radius 2 is 2.25 bits per heavy atom. The lowest BCUT2D eigenvalue weighted by molar-refractivity contribution is -0.131. The maximum absolute atomic E-state index is 12.1. The third kappa shape index (κ3) is 3.87. The van der Waals surface area contributed by atoms with Gasteiger partial charge in [0.2, 0.25) is 0 Å². The van der Waals surface area contributed by atoms with Gasteiger partial charge in [0.1, 0.15) is 0 Å². The predicted molar refractivity (Wildman–Crippen MR) is 81.0 cm³/mol. The molecule has 1 unspecified atom stereocenters. The standard InChI is InChI=1S/C15H17NO3S/c1-10-2-3-12(8-11(10)4-5-14(17)18)15(19)16-13-6-7-20-9-13/h2-5,8,13H,6-7,9H2,1H3,(H,16,19)(H,17,18)/b5-4+. The zero-order chi connectivity index (χ0) is 14.5. The number of carbonyl (C=O) groups excluding carboxylic acids is 1. The van der Waals surface area contributed by atoms with Crippen LogP contribution in [0.2, 0.25) is 0 Å². The Labute approximate surface area is 122 Å². The van der Waals surface area contributed by atoms with Crippen molar-refractivity contribution in [2.45, 2.75) is 19.4 Å². The molecule has 1 saturated heterocycles. The second-order valence-electron chi connectivity index (χ2n) is 4.78. The molecule has 0 saturated carbocycles. The van der Waals surface area contributed by atoms with E-state index in [0.717, 1.165) is 35.1 Å². The highest BCUT2D eigenvalue weighted by atomic mass is 32.2. The van der Waals surface area contributed by atoms with Crippen LogP contribution in [0.3, 0.4) is 0 Å². The van der Waals surface area contributed by atoms with Crippen LogP contribution in [0.5, 0.6) is 0 Å². The molecule has 5 heteroatoms. The summed E-state index contributed by atoms with van der Waals surface area (Å²) in [6.45, 7) is 1.89. The Morgan fingerprint density at radius 1 is 1.45 bits per heavy atom. The second-order valence-corrected chi connectivity index (χ2v) is 5.93. The average molecular weight is 291 g/mol. The van der Waals surface area contributed by atoms with E-state index in [4.69, 9.17) is 5.11 Å². The average Bonchev–Trinajstić information content (AvgIpc) is 2.90. The van der Waals surface area contributed by atoms with Crippen molar-refractivity contribution >= 4 is 29.7 Å². The number of hydrogen-bond acceptors (Lipinski definition) is 3. The van der Waals surface area contributed by atoms with Gasteiger partial charge in [0.15, 0.2) is 0 Å². The van der Waals surface area contributed by atoms with E-state index in [-0.39, 0.29) is 11.9 Å². The van der Waals surface area contributed by atoms with E-state index in [9.17, 15) is 9.59 Å². The van der Waals surface area contributed by atoms with Crippen LogP contribution in [-0.2, 0) is 4.79 Å². The quantitative estimate of drug-likeness (QED) is 0.836. The topological polar surface area (TPSA) is 66.4 Å². The van der Waals surface area contributed by atoms with Gasteiger partial charge in [0.25, 0.3) is 5.91 Å². The molecule has 1 atom stereocenters. The normalized spacial score (nSPS) is 18.4. The first-order valence-electron chi connectivity index (χ1n) is 6.46. The van der Waals surface area contributed by atoms with Crippen LogP contribution in [0.1, 0.15) is 27.9 Å². The molecule has 1 heterocycles. The Morgan fingerprint density at radius 3 is 2.90 bits per heavy atom. The number of rotatable bonds is 4. The van der Waals surface area contributed by atoms with E-state index in [1.165, 1.54) is 6.08 Å². The number of carboxylic acid groups (broad SMARTS) is 1. The number of amides is 1. The molecular formula is C15H17NO3S. The van der Waals surface area contributed by atoms with E-state index in [1.807, 2.05) is 24.8 Å². The summed E-state index contributed by atoms with van der Waals surface area (Å²) in [5.74, 6) is 0.958. The molecular weight excluding hydrogens is 274 g/mol. The summed E-state index contributed by atoms with van der Waals surface area (Å²) in [4.78, 5) is 22.7. The van der Waals surface area contributed by atoms with Crippen LogP contribution < -0.4 is 5.32 Å². The molecule has 2 rings (SSSR count). The minimum absolute atomic E-state index is 0.0949. The number of thioether (sulfide) groups is 1. The third-order valence-electron chi connectivity index (χ3n) is 3.21. The van der Waals surface area contributed by atoms with Crippen LogP contribution in [0.15, 0.2) is 24.3 Å². The first-order chi connectivity index (χ1) is 9.56. The molecule has 0 aliphatic carbocycles. The molecule has 1 fully saturated rings. The monoisotopic (exact) mass is 291 g/mol. The number of carbonyl (C=O) groups is 2. The lowest BCUT2D eigenvalue weighted by Gasteiger charge is -2.12. The minimum atomic E-state index is -0.998. The van der Waals surface area contributed by atoms with Crippen LogP contribution >= 0.6 is 11.8 Å². The van der Waals surface area contributed by atoms with Crippen molar-refractivity contribution in [2.24, 2.45) is 0 Å². The van der Waals surface area contributed by atoms with E-state index in [0.29, 0.717) is 5.56 Å². The molecule has 0 aromatic heterocycles. The van der Waals surface area contributed by atoms with Crippen molar-refractivity contribution in [1.29, 1.82) is 0 Å². The summed E-state index contributed by atoms with van der Waals surface area (Å²) in [6.07, 6.45) is 3.60. The van der Waals surface area contributed by atoms with Gasteiger partial charge in [-0.15, -0.1) is 0 Å². The summed E-state index contributed by atoms with van der Waals surface area (Å²) in [5, 5.41) is 11.7. The molecule has 0 radical (unpaired) electrons. The second kappa shape index (κ2) is 6.61. The summed E-state index contributed by atoms with van der Waals surface area (Å²) in [7, 11) is 0. The van der Waals surface area contributed by atoms with Gasteiger partial charge >= 0.3 is 5.97 Å². The molecule has 1 aromatic rings. The van der Waals surface area contributed by atoms with Gasteiger partial charge in [-0.05, 0) is 48.4 Å². The Kier molecular flexibility index (Phi) is 4.84. The first kappa shape index (κ1) is 14.7. The van der Waals surface area contributed by atoms with Crippen molar-refractivity contribution in [2.75, 3.05) is 11.5 Å². The van der Waals surface area contributed by atoms with Crippen LogP contribution in [0.4, 0.5) is 0 Å². The molecule has 0 bridgehead atoms. The van der Waals surface area contributed by atoms with E-state index in [2.05, 4.69) is 5.32 Å². The summed E-state index contributed by atoms with van der Waals surface area (Å²) in [5.41, 5.74) is 2.26. The van der Waals surface area contributed by atoms with Gasteiger partial charge in [-0.2, -0.15) is 11.8 Å². The summed E-state index contributed by atoms with van der Waals surface area (Å²) >= 11 is 1.85. The Bertz CT molecular complexity index is 548. The predicted octanol–water partition coefficient (Wildman–Crippen LogP) is 2.33. The SMILES string of the molecule is Cc1ccc(C(=O)NC2CCSC2)cc1/C=C/C(=O)O. The Hall–Kier alpha value is -1.75. The molecule has 0 spiro atoms. The molecule has 2 N–H and O–H groups in total. The number of hydrogen-bond donors (Lipinski definition) is 2. The zero-order valence-electron chi connectivity index (χ0n) is 11.3. The fraction of sp³-hybridized carbons (Fsp3) is 0.333. The fourth-order valence-corrected chi connectivity index (χ4v) is 3.19. The molecule has 1 aliphatic heterocycles. The zero-order valence-corrected chi connectivity index (χ0v) is 12.1. The van der Waals surface area contributed by atoms with Crippen LogP contribution in [-0.4, -0.2) is 34.5 Å². The molecule has 1 amide bonds. The highest BCUT2D eigenvalue weighted by molar-refractivity contribution is 7.99. The number of carboxylic acids is 1. The van der Waals surface area contributed by atoms with Crippen molar-refractivity contribution in [3.8, 4) is 0 Å². The maximum Gasteiger partial charge on any atom is 0.328 e. The molecule has 4 nitrogen and oxygen atoms in total. The van der Waals surface area contributed by atoms with Gasteiger partial charge < -0.3 is 10.4 Å². The summed E-state index contributed by atoms with van der Waals surface area (Å²) in [6, 6.07) is 5.57. The maximum atomic E-state index is 12.1. The van der Waals surface area contributed by atoms with Crippen LogP contribution in [0.25, 0.3) is 6.08 Å². The van der Waals surface area contributed by atoms with E-state index in [1.54, 1.807) is 12.1 Å². The third-order valence-corrected chi connectivity index (χ3v) is 4.37. The van der Waals surface area contributed by atoms with Crippen molar-refractivity contribution < 1.29 is 14.7 Å². The fourth-order valence-electron chi connectivity index (χ4n) is 2.04. The van der Waals surface area contributed by atoms with E-state index >= 15 is 0 Å². The molecule has 20 heavy (non-hydrogen) atoms. The lowest BCUT2D eigenvalue weighted by atomic mass is 10.0. The first-order valence-corrected chi connectivity index (χ1v) is 7.62. The minimum Gasteiger partial charge on any atom is -0.478 e. The molecule has 1 aromatic carbocycles. The lowest BCUT2D eigenvalue weighted by Crippen LogP contribution is -2.34. The number of aryl methyl sites for hydroxylation is 1. The van der Waals surface area contributed by atoms with Crippen molar-refractivity contribution in [3.63, 3.8) is 0 Å². The molecule has 106 valence electrons. The van der Waals surface area contributed by atoms with E-state index < -0.39 is 5.97 Å². The van der Waals surface area contributed by atoms with Gasteiger partial charge in [-0.3, -0.25) is 4.79 Å². The number of nitrogens with one attached hydrogen (secondary N) is 1. The van der Waals surface area contributed by atoms with Crippen LogP contribution in [0, 0.1) is 6.92 Å². The van der Waals surface area contributed by atoms with Crippen molar-refractivity contribution in [1.82, 2.24) is 5.32 Å².